The molecule has 0 radical (unpaired) electrons. The standard InChI is InChI=1S/C13H18BrClN2O2/c1-17(2)7-6-16-12(13(18)19-3)9-4-5-11(15)10(14)8-9/h4-5,8,12,16H,6-7H2,1-3H3. The predicted octanol–water partition coefficient (Wildman–Crippen LogP) is 2.47. The molecule has 0 heterocycles. The van der Waals surface area contributed by atoms with E-state index in [-0.39, 0.29) is 5.97 Å². The summed E-state index contributed by atoms with van der Waals surface area (Å²) < 4.78 is 5.59. The average Bonchev–Trinajstić information content (AvgIpc) is 2.37. The van der Waals surface area contributed by atoms with E-state index in [4.69, 9.17) is 16.3 Å². The average molecular weight is 350 g/mol. The number of benzene rings is 1. The molecule has 0 spiro atoms. The van der Waals surface area contributed by atoms with E-state index in [2.05, 4.69) is 21.2 Å². The van der Waals surface area contributed by atoms with E-state index in [1.807, 2.05) is 31.1 Å². The molecule has 0 aliphatic rings. The zero-order chi connectivity index (χ0) is 14.4. The monoisotopic (exact) mass is 348 g/mol. The molecule has 0 aliphatic carbocycles. The first kappa shape index (κ1) is 16.4. The van der Waals surface area contributed by atoms with Gasteiger partial charge in [-0.2, -0.15) is 0 Å². The Morgan fingerprint density at radius 2 is 2.21 bits per heavy atom. The van der Waals surface area contributed by atoms with Crippen LogP contribution in [0.4, 0.5) is 0 Å². The summed E-state index contributed by atoms with van der Waals surface area (Å²) in [5.41, 5.74) is 0.821. The van der Waals surface area contributed by atoms with Gasteiger partial charge in [0.1, 0.15) is 6.04 Å². The lowest BCUT2D eigenvalue weighted by atomic mass is 10.1. The molecule has 6 heteroatoms. The van der Waals surface area contributed by atoms with Crippen LogP contribution in [0.5, 0.6) is 0 Å². The van der Waals surface area contributed by atoms with E-state index in [0.717, 1.165) is 16.6 Å². The molecular weight excluding hydrogens is 332 g/mol. The third kappa shape index (κ3) is 5.10. The molecule has 1 unspecified atom stereocenters. The minimum absolute atomic E-state index is 0.312. The van der Waals surface area contributed by atoms with Crippen molar-refractivity contribution >= 4 is 33.5 Å². The number of ether oxygens (including phenoxy) is 1. The lowest BCUT2D eigenvalue weighted by Crippen LogP contribution is -2.34. The molecule has 1 N–H and O–H groups in total. The van der Waals surface area contributed by atoms with E-state index in [1.165, 1.54) is 7.11 Å². The quantitative estimate of drug-likeness (QED) is 0.801. The first-order chi connectivity index (χ1) is 8.95. The number of halogens is 2. The fourth-order valence-corrected chi connectivity index (χ4v) is 2.09. The van der Waals surface area contributed by atoms with Gasteiger partial charge in [-0.25, -0.2) is 4.79 Å². The number of carbonyl (C=O) groups is 1. The lowest BCUT2D eigenvalue weighted by Gasteiger charge is -2.19. The van der Waals surface area contributed by atoms with Gasteiger partial charge < -0.3 is 9.64 Å². The zero-order valence-electron chi connectivity index (χ0n) is 11.2. The molecule has 0 saturated carbocycles. The zero-order valence-corrected chi connectivity index (χ0v) is 13.6. The highest BCUT2D eigenvalue weighted by molar-refractivity contribution is 9.10. The van der Waals surface area contributed by atoms with E-state index >= 15 is 0 Å². The molecule has 19 heavy (non-hydrogen) atoms. The molecule has 0 amide bonds. The number of rotatable bonds is 6. The normalized spacial score (nSPS) is 12.5. The number of hydrogen-bond donors (Lipinski definition) is 1. The summed E-state index contributed by atoms with van der Waals surface area (Å²) in [5.74, 6) is -0.312. The Hall–Kier alpha value is -0.620. The third-order valence-corrected chi connectivity index (χ3v) is 3.84. The van der Waals surface area contributed by atoms with Crippen LogP contribution in [-0.4, -0.2) is 45.2 Å². The Morgan fingerprint density at radius 3 is 2.74 bits per heavy atom. The van der Waals surface area contributed by atoms with Crippen LogP contribution >= 0.6 is 27.5 Å². The number of nitrogens with one attached hydrogen (secondary N) is 1. The van der Waals surface area contributed by atoms with Gasteiger partial charge >= 0.3 is 5.97 Å². The summed E-state index contributed by atoms with van der Waals surface area (Å²) in [6.45, 7) is 1.52. The summed E-state index contributed by atoms with van der Waals surface area (Å²) in [5, 5.41) is 3.80. The number of esters is 1. The highest BCUT2D eigenvalue weighted by atomic mass is 79.9. The maximum Gasteiger partial charge on any atom is 0.327 e. The van der Waals surface area contributed by atoms with Gasteiger partial charge in [-0.15, -0.1) is 0 Å². The lowest BCUT2D eigenvalue weighted by molar-refractivity contribution is -0.143. The van der Waals surface area contributed by atoms with Crippen LogP contribution in [0.15, 0.2) is 22.7 Å². The molecule has 0 saturated heterocycles. The molecular formula is C13H18BrClN2O2. The van der Waals surface area contributed by atoms with Gasteiger partial charge in [-0.3, -0.25) is 5.32 Å². The molecule has 106 valence electrons. The van der Waals surface area contributed by atoms with Crippen molar-refractivity contribution in [1.82, 2.24) is 10.2 Å². The molecule has 0 aromatic heterocycles. The van der Waals surface area contributed by atoms with Crippen molar-refractivity contribution in [2.45, 2.75) is 6.04 Å². The molecule has 1 aromatic rings. The smallest absolute Gasteiger partial charge is 0.327 e. The molecule has 1 atom stereocenters. The highest BCUT2D eigenvalue weighted by Crippen LogP contribution is 2.26. The van der Waals surface area contributed by atoms with Crippen LogP contribution < -0.4 is 5.32 Å². The van der Waals surface area contributed by atoms with Gasteiger partial charge in [-0.05, 0) is 47.7 Å². The van der Waals surface area contributed by atoms with Crippen molar-refractivity contribution in [2.24, 2.45) is 0 Å². The van der Waals surface area contributed by atoms with E-state index in [9.17, 15) is 4.79 Å². The van der Waals surface area contributed by atoms with Crippen molar-refractivity contribution < 1.29 is 9.53 Å². The second-order valence-electron chi connectivity index (χ2n) is 4.39. The van der Waals surface area contributed by atoms with E-state index < -0.39 is 6.04 Å². The van der Waals surface area contributed by atoms with E-state index in [1.54, 1.807) is 6.07 Å². The highest BCUT2D eigenvalue weighted by Gasteiger charge is 2.21. The maximum atomic E-state index is 11.8. The first-order valence-corrected chi connectivity index (χ1v) is 7.03. The minimum Gasteiger partial charge on any atom is -0.468 e. The Labute approximate surface area is 127 Å². The second kappa shape index (κ2) is 7.85. The van der Waals surface area contributed by atoms with Crippen LogP contribution in [-0.2, 0) is 9.53 Å². The van der Waals surface area contributed by atoms with Gasteiger partial charge in [0.25, 0.3) is 0 Å². The van der Waals surface area contributed by atoms with Crippen LogP contribution in [0.1, 0.15) is 11.6 Å². The predicted molar refractivity (Wildman–Crippen MR) is 80.5 cm³/mol. The molecule has 0 aliphatic heterocycles. The minimum atomic E-state index is -0.487. The van der Waals surface area contributed by atoms with Crippen molar-refractivity contribution in [3.63, 3.8) is 0 Å². The van der Waals surface area contributed by atoms with Gasteiger partial charge in [0.15, 0.2) is 0 Å². The van der Waals surface area contributed by atoms with Gasteiger partial charge in [0.05, 0.1) is 12.1 Å². The molecule has 1 aromatic carbocycles. The number of likely N-dealkylation sites (N-methyl/N-ethyl adjacent to an activating group) is 1. The van der Waals surface area contributed by atoms with Crippen molar-refractivity contribution in [1.29, 1.82) is 0 Å². The fraction of sp³-hybridized carbons (Fsp3) is 0.462. The molecule has 0 bridgehead atoms. The Morgan fingerprint density at radius 1 is 1.53 bits per heavy atom. The first-order valence-electron chi connectivity index (χ1n) is 5.86. The SMILES string of the molecule is COC(=O)C(NCCN(C)C)c1ccc(Cl)c(Br)c1. The summed E-state index contributed by atoms with van der Waals surface area (Å²) in [6, 6.07) is 4.91. The number of methoxy groups -OCH3 is 1. The van der Waals surface area contributed by atoms with Crippen molar-refractivity contribution in [3.05, 3.63) is 33.3 Å². The third-order valence-electron chi connectivity index (χ3n) is 2.62. The van der Waals surface area contributed by atoms with Crippen molar-refractivity contribution in [2.75, 3.05) is 34.3 Å². The topological polar surface area (TPSA) is 41.6 Å². The van der Waals surface area contributed by atoms with Gasteiger partial charge in [0, 0.05) is 17.6 Å². The second-order valence-corrected chi connectivity index (χ2v) is 5.65. The number of nitrogens with zero attached hydrogens (tertiary/aromatic N) is 1. The fourth-order valence-electron chi connectivity index (χ4n) is 1.58. The summed E-state index contributed by atoms with van der Waals surface area (Å²) >= 11 is 9.31. The van der Waals surface area contributed by atoms with Crippen LogP contribution in [0.25, 0.3) is 0 Å². The maximum absolute atomic E-state index is 11.8. The summed E-state index contributed by atoms with van der Waals surface area (Å²) in [4.78, 5) is 13.9. The number of carbonyl (C=O) groups excluding carboxylic acids is 1. The summed E-state index contributed by atoms with van der Waals surface area (Å²) in [6.07, 6.45) is 0. The summed E-state index contributed by atoms with van der Waals surface area (Å²) in [7, 11) is 5.34. The van der Waals surface area contributed by atoms with Crippen molar-refractivity contribution in [3.8, 4) is 0 Å². The van der Waals surface area contributed by atoms with E-state index in [0.29, 0.717) is 11.6 Å². The van der Waals surface area contributed by atoms with Crippen LogP contribution in [0.2, 0.25) is 5.02 Å². The van der Waals surface area contributed by atoms with Crippen LogP contribution in [0.3, 0.4) is 0 Å². The van der Waals surface area contributed by atoms with Gasteiger partial charge in [0.2, 0.25) is 0 Å². The molecule has 1 rings (SSSR count). The molecule has 0 fully saturated rings. The number of hydrogen-bond acceptors (Lipinski definition) is 4. The molecule has 4 nitrogen and oxygen atoms in total. The largest absolute Gasteiger partial charge is 0.468 e. The Kier molecular flexibility index (Phi) is 6.79. The Bertz CT molecular complexity index is 441. The Balaban J connectivity index is 2.83. The van der Waals surface area contributed by atoms with Crippen LogP contribution in [0, 0.1) is 0 Å². The van der Waals surface area contributed by atoms with Gasteiger partial charge in [-0.1, -0.05) is 17.7 Å².